The van der Waals surface area contributed by atoms with E-state index in [0.717, 1.165) is 19.3 Å². The molecule has 7 heteroatoms. The van der Waals surface area contributed by atoms with Crippen molar-refractivity contribution in [3.05, 3.63) is 0 Å². The summed E-state index contributed by atoms with van der Waals surface area (Å²) in [5.74, 6) is -2.40. The molecular weight excluding hydrogens is 302 g/mol. The van der Waals surface area contributed by atoms with E-state index in [0.29, 0.717) is 6.42 Å². The van der Waals surface area contributed by atoms with Gasteiger partial charge >= 0.3 is 11.9 Å². The smallest absolute Gasteiger partial charge is 0.307 e. The van der Waals surface area contributed by atoms with Gasteiger partial charge in [-0.1, -0.05) is 61.0 Å². The lowest BCUT2D eigenvalue weighted by Crippen LogP contribution is -2.22. The minimum atomic E-state index is -1.67. The number of rotatable bonds is 8. The maximum absolute atomic E-state index is 11.4. The molecule has 0 amide bonds. The van der Waals surface area contributed by atoms with Crippen molar-refractivity contribution >= 4 is 46.7 Å². The van der Waals surface area contributed by atoms with Gasteiger partial charge in [0.05, 0.1) is 12.3 Å². The maximum atomic E-state index is 11.4. The molecule has 0 aliphatic rings. The zero-order valence-electron chi connectivity index (χ0n) is 10.1. The van der Waals surface area contributed by atoms with E-state index in [9.17, 15) is 9.59 Å². The van der Waals surface area contributed by atoms with Crippen LogP contribution in [0, 0.1) is 5.92 Å². The molecule has 4 nitrogen and oxygen atoms in total. The molecule has 0 aliphatic carbocycles. The number of carboxylic acid groups (broad SMARTS) is 1. The fourth-order valence-electron chi connectivity index (χ4n) is 1.38. The number of carbonyl (C=O) groups excluding carboxylic acids is 1. The highest BCUT2D eigenvalue weighted by Gasteiger charge is 2.25. The van der Waals surface area contributed by atoms with Gasteiger partial charge < -0.3 is 9.84 Å². The van der Waals surface area contributed by atoms with Crippen LogP contribution in [0.3, 0.4) is 0 Å². The van der Waals surface area contributed by atoms with E-state index in [1.807, 2.05) is 6.92 Å². The van der Waals surface area contributed by atoms with Gasteiger partial charge in [0, 0.05) is 0 Å². The first-order valence-electron chi connectivity index (χ1n) is 5.71. The molecule has 0 saturated carbocycles. The molecule has 106 valence electrons. The number of carboxylic acids is 1. The minimum Gasteiger partial charge on any atom is -0.481 e. The van der Waals surface area contributed by atoms with Gasteiger partial charge in [0.1, 0.15) is 6.61 Å². The highest BCUT2D eigenvalue weighted by atomic mass is 35.6. The van der Waals surface area contributed by atoms with Crippen molar-refractivity contribution < 1.29 is 19.4 Å². The lowest BCUT2D eigenvalue weighted by atomic mass is 9.98. The van der Waals surface area contributed by atoms with E-state index in [2.05, 4.69) is 0 Å². The molecule has 1 unspecified atom stereocenters. The van der Waals surface area contributed by atoms with Crippen LogP contribution in [0.15, 0.2) is 0 Å². The summed E-state index contributed by atoms with van der Waals surface area (Å²) in [6, 6.07) is 0. The zero-order valence-corrected chi connectivity index (χ0v) is 12.4. The normalized spacial score (nSPS) is 13.1. The molecule has 0 rings (SSSR count). The Bertz CT molecular complexity index is 276. The van der Waals surface area contributed by atoms with Crippen LogP contribution >= 0.6 is 34.8 Å². The third-order valence-corrected chi connectivity index (χ3v) is 2.64. The van der Waals surface area contributed by atoms with Crippen LogP contribution < -0.4 is 0 Å². The molecule has 1 atom stereocenters. The average molecular weight is 320 g/mol. The molecule has 0 aliphatic heterocycles. The fraction of sp³-hybridized carbons (Fsp3) is 0.818. The van der Waals surface area contributed by atoms with E-state index in [4.69, 9.17) is 44.6 Å². The summed E-state index contributed by atoms with van der Waals surface area (Å²) in [6.07, 6.45) is 2.95. The van der Waals surface area contributed by atoms with Crippen molar-refractivity contribution in [2.75, 3.05) is 6.61 Å². The van der Waals surface area contributed by atoms with Gasteiger partial charge in [-0.05, 0) is 6.42 Å². The van der Waals surface area contributed by atoms with E-state index >= 15 is 0 Å². The summed E-state index contributed by atoms with van der Waals surface area (Å²) in [5.41, 5.74) is 0. The van der Waals surface area contributed by atoms with Gasteiger partial charge in [-0.2, -0.15) is 0 Å². The number of halogens is 3. The van der Waals surface area contributed by atoms with Gasteiger partial charge in [-0.25, -0.2) is 0 Å². The Labute approximate surface area is 122 Å². The largest absolute Gasteiger partial charge is 0.481 e. The second-order valence-electron chi connectivity index (χ2n) is 4.01. The SMILES string of the molecule is CCCCCC(CC(=O)OCC(Cl)(Cl)Cl)C(=O)O. The highest BCUT2D eigenvalue weighted by molar-refractivity contribution is 6.67. The molecule has 0 heterocycles. The molecule has 1 N–H and O–H groups in total. The number of alkyl halides is 3. The quantitative estimate of drug-likeness (QED) is 0.422. The number of hydrogen-bond donors (Lipinski definition) is 1. The summed E-state index contributed by atoms with van der Waals surface area (Å²) >= 11 is 16.2. The summed E-state index contributed by atoms with van der Waals surface area (Å²) in [4.78, 5) is 22.3. The van der Waals surface area contributed by atoms with Crippen LogP contribution in [0.2, 0.25) is 0 Å². The summed E-state index contributed by atoms with van der Waals surface area (Å²) in [7, 11) is 0. The molecule has 0 fully saturated rings. The molecular formula is C11H17Cl3O4. The van der Waals surface area contributed by atoms with E-state index in [1.54, 1.807) is 0 Å². The van der Waals surface area contributed by atoms with Gasteiger partial charge in [0.2, 0.25) is 3.79 Å². The van der Waals surface area contributed by atoms with Gasteiger partial charge in [-0.3, -0.25) is 9.59 Å². The standard InChI is InChI=1S/C11H17Cl3O4/c1-2-3-4-5-8(10(16)17)6-9(15)18-7-11(12,13)14/h8H,2-7H2,1H3,(H,16,17). The summed E-state index contributed by atoms with van der Waals surface area (Å²) in [6.45, 7) is 1.64. The van der Waals surface area contributed by atoms with Crippen LogP contribution in [0.5, 0.6) is 0 Å². The molecule has 0 aromatic heterocycles. The van der Waals surface area contributed by atoms with E-state index in [1.165, 1.54) is 0 Å². The first-order chi connectivity index (χ1) is 8.26. The van der Waals surface area contributed by atoms with Crippen molar-refractivity contribution in [1.29, 1.82) is 0 Å². The predicted molar refractivity (Wildman–Crippen MR) is 71.1 cm³/mol. The average Bonchev–Trinajstić information content (AvgIpc) is 2.24. The van der Waals surface area contributed by atoms with Crippen molar-refractivity contribution in [1.82, 2.24) is 0 Å². The Balaban J connectivity index is 4.08. The predicted octanol–water partition coefficient (Wildman–Crippen LogP) is 3.57. The number of hydrogen-bond acceptors (Lipinski definition) is 3. The van der Waals surface area contributed by atoms with Crippen molar-refractivity contribution in [2.45, 2.75) is 42.8 Å². The van der Waals surface area contributed by atoms with Gasteiger partial charge in [0.25, 0.3) is 0 Å². The van der Waals surface area contributed by atoms with Crippen molar-refractivity contribution in [3.63, 3.8) is 0 Å². The Hall–Kier alpha value is -0.190. The first-order valence-corrected chi connectivity index (χ1v) is 6.84. The lowest BCUT2D eigenvalue weighted by Gasteiger charge is -2.14. The molecule has 0 radical (unpaired) electrons. The third kappa shape index (κ3) is 9.80. The number of ether oxygens (including phenoxy) is 1. The van der Waals surface area contributed by atoms with Crippen LogP contribution in [-0.4, -0.2) is 27.4 Å². The molecule has 0 spiro atoms. The second-order valence-corrected chi connectivity index (χ2v) is 6.53. The first kappa shape index (κ1) is 17.8. The Morgan fingerprint density at radius 3 is 2.33 bits per heavy atom. The Morgan fingerprint density at radius 2 is 1.89 bits per heavy atom. The van der Waals surface area contributed by atoms with Crippen molar-refractivity contribution in [3.8, 4) is 0 Å². The topological polar surface area (TPSA) is 63.6 Å². The Morgan fingerprint density at radius 1 is 1.28 bits per heavy atom. The number of aliphatic carboxylic acids is 1. The van der Waals surface area contributed by atoms with Crippen LogP contribution in [0.1, 0.15) is 39.0 Å². The monoisotopic (exact) mass is 318 g/mol. The molecule has 0 aromatic carbocycles. The Kier molecular flexibility index (Phi) is 8.74. The van der Waals surface area contributed by atoms with Gasteiger partial charge in [0.15, 0.2) is 0 Å². The van der Waals surface area contributed by atoms with Gasteiger partial charge in [-0.15, -0.1) is 0 Å². The van der Waals surface area contributed by atoms with E-state index < -0.39 is 21.6 Å². The molecule has 0 saturated heterocycles. The second kappa shape index (κ2) is 8.83. The van der Waals surface area contributed by atoms with Crippen LogP contribution in [0.4, 0.5) is 0 Å². The summed E-state index contributed by atoms with van der Waals surface area (Å²) < 4.78 is 3.03. The van der Waals surface area contributed by atoms with Crippen LogP contribution in [0.25, 0.3) is 0 Å². The fourth-order valence-corrected chi connectivity index (χ4v) is 1.54. The zero-order chi connectivity index (χ0) is 14.2. The number of unbranched alkanes of at least 4 members (excludes halogenated alkanes) is 2. The molecule has 18 heavy (non-hydrogen) atoms. The lowest BCUT2D eigenvalue weighted by molar-refractivity contribution is -0.151. The molecule has 0 aromatic rings. The van der Waals surface area contributed by atoms with Crippen molar-refractivity contribution in [2.24, 2.45) is 5.92 Å². The number of carbonyl (C=O) groups is 2. The third-order valence-electron chi connectivity index (χ3n) is 2.32. The molecule has 0 bridgehead atoms. The van der Waals surface area contributed by atoms with E-state index in [-0.39, 0.29) is 13.0 Å². The number of esters is 1. The van der Waals surface area contributed by atoms with Crippen LogP contribution in [-0.2, 0) is 14.3 Å². The maximum Gasteiger partial charge on any atom is 0.307 e. The highest BCUT2D eigenvalue weighted by Crippen LogP contribution is 2.26. The summed E-state index contributed by atoms with van der Waals surface area (Å²) in [5, 5.41) is 8.96. The minimum absolute atomic E-state index is 0.195.